The number of nitrogens with zero attached hydrogens (tertiary/aromatic N) is 4. The molecule has 2 aromatic carbocycles. The second-order valence-electron chi connectivity index (χ2n) is 16.7. The third kappa shape index (κ3) is 9.01. The van der Waals surface area contributed by atoms with Gasteiger partial charge in [0.1, 0.15) is 18.1 Å². The van der Waals surface area contributed by atoms with Crippen LogP contribution < -0.4 is 14.5 Å². The highest BCUT2D eigenvalue weighted by Crippen LogP contribution is 2.43. The van der Waals surface area contributed by atoms with Gasteiger partial charge in [-0.05, 0) is 99.7 Å². The number of anilines is 2. The Kier molecular flexibility index (Phi) is 11.4. The zero-order valence-corrected chi connectivity index (χ0v) is 33.0. The van der Waals surface area contributed by atoms with Gasteiger partial charge in [0.25, 0.3) is 5.91 Å². The largest absolute Gasteiger partial charge is 0.482 e. The predicted octanol–water partition coefficient (Wildman–Crippen LogP) is 7.25. The fourth-order valence-electron chi connectivity index (χ4n) is 7.16. The van der Waals surface area contributed by atoms with E-state index in [1.54, 1.807) is 16.9 Å². The summed E-state index contributed by atoms with van der Waals surface area (Å²) in [4.78, 5) is 46.8. The molecule has 0 unspecified atom stereocenters. The minimum atomic E-state index is -1.20. The molecule has 0 spiro atoms. The lowest BCUT2D eigenvalue weighted by Gasteiger charge is -2.41. The first-order chi connectivity index (χ1) is 24.7. The molecule has 0 N–H and O–H groups in total. The van der Waals surface area contributed by atoms with Crippen molar-refractivity contribution in [2.45, 2.75) is 96.4 Å². The van der Waals surface area contributed by atoms with Gasteiger partial charge in [-0.15, -0.1) is 0 Å². The molecular weight excluding hydrogens is 677 g/mol. The molecule has 0 bridgehead atoms. The van der Waals surface area contributed by atoms with Gasteiger partial charge in [-0.2, -0.15) is 0 Å². The van der Waals surface area contributed by atoms with Crippen LogP contribution in [0.2, 0.25) is 25.7 Å². The van der Waals surface area contributed by atoms with Crippen molar-refractivity contribution in [1.82, 2.24) is 9.47 Å². The number of amides is 3. The highest BCUT2D eigenvalue weighted by molar-refractivity contribution is 6.76. The fraction of sp³-hybridized carbons (Fsp3) is 0.575. The van der Waals surface area contributed by atoms with Crippen LogP contribution in [-0.4, -0.2) is 93.7 Å². The Bertz CT molecular complexity index is 1760. The number of likely N-dealkylation sites (tertiary alicyclic amines) is 1. The lowest BCUT2D eigenvalue weighted by molar-refractivity contribution is -0.124. The summed E-state index contributed by atoms with van der Waals surface area (Å²) in [6.07, 6.45) is 4.74. The maximum atomic E-state index is 15.1. The van der Waals surface area contributed by atoms with Crippen LogP contribution >= 0.6 is 0 Å². The lowest BCUT2D eigenvalue weighted by atomic mass is 9.79. The summed E-state index contributed by atoms with van der Waals surface area (Å²) in [7, 11) is 0.444. The first kappa shape index (κ1) is 37.9. The van der Waals surface area contributed by atoms with Crippen molar-refractivity contribution in [3.05, 3.63) is 54.2 Å². The zero-order chi connectivity index (χ0) is 37.2. The SMILES string of the molecule is COCCCN1C(=O)COc2ccc(N(C(=O)[C@H]3CN(C(=O)OC(C)(C)C)CC[C@@H]3c3ccc4ccn(COCC[Si](C)(C)C)c4c3)C3CC3)cc21. The van der Waals surface area contributed by atoms with E-state index in [1.165, 1.54) is 0 Å². The molecule has 1 saturated carbocycles. The van der Waals surface area contributed by atoms with Crippen LogP contribution in [0, 0.1) is 5.92 Å². The molecule has 6 rings (SSSR count). The Labute approximate surface area is 309 Å². The van der Waals surface area contributed by atoms with E-state index >= 15 is 4.79 Å². The van der Waals surface area contributed by atoms with Crippen LogP contribution in [-0.2, 0) is 30.5 Å². The Morgan fingerprint density at radius 1 is 1.02 bits per heavy atom. The molecule has 3 aromatic rings. The van der Waals surface area contributed by atoms with E-state index in [9.17, 15) is 9.59 Å². The van der Waals surface area contributed by atoms with Gasteiger partial charge in [-0.25, -0.2) is 4.79 Å². The molecule has 2 fully saturated rings. The number of carbonyl (C=O) groups is 3. The first-order valence-corrected chi connectivity index (χ1v) is 22.5. The van der Waals surface area contributed by atoms with Crippen LogP contribution in [0.4, 0.5) is 16.2 Å². The molecule has 1 aliphatic carbocycles. The summed E-state index contributed by atoms with van der Waals surface area (Å²) in [5, 5.41) is 1.12. The van der Waals surface area contributed by atoms with E-state index in [1.807, 2.05) is 43.9 Å². The second-order valence-corrected chi connectivity index (χ2v) is 22.3. The highest BCUT2D eigenvalue weighted by Gasteiger charge is 2.44. The maximum absolute atomic E-state index is 15.1. The lowest BCUT2D eigenvalue weighted by Crippen LogP contribution is -2.51. The van der Waals surface area contributed by atoms with Gasteiger partial charge in [0.2, 0.25) is 5.91 Å². The number of hydrogen-bond acceptors (Lipinski definition) is 7. The van der Waals surface area contributed by atoms with Gasteiger partial charge in [0.15, 0.2) is 6.61 Å². The number of carbonyl (C=O) groups excluding carboxylic acids is 3. The van der Waals surface area contributed by atoms with Crippen molar-refractivity contribution in [1.29, 1.82) is 0 Å². The molecule has 3 amide bonds. The third-order valence-corrected chi connectivity index (χ3v) is 11.8. The molecule has 52 heavy (non-hydrogen) atoms. The Morgan fingerprint density at radius 3 is 2.52 bits per heavy atom. The van der Waals surface area contributed by atoms with Gasteiger partial charge < -0.3 is 38.2 Å². The number of piperidine rings is 1. The van der Waals surface area contributed by atoms with Gasteiger partial charge in [-0.3, -0.25) is 9.59 Å². The summed E-state index contributed by atoms with van der Waals surface area (Å²) in [5.74, 6) is -0.160. The summed E-state index contributed by atoms with van der Waals surface area (Å²) < 4.78 is 25.1. The minimum absolute atomic E-state index is 0.0207. The van der Waals surface area contributed by atoms with Crippen molar-refractivity contribution >= 4 is 48.3 Å². The summed E-state index contributed by atoms with van der Waals surface area (Å²) in [6.45, 7) is 15.6. The normalized spacial score (nSPS) is 19.4. The molecule has 3 heterocycles. The molecule has 1 aromatic heterocycles. The number of hydrogen-bond donors (Lipinski definition) is 0. The van der Waals surface area contributed by atoms with E-state index in [0.29, 0.717) is 50.7 Å². The average molecular weight is 733 g/mol. The number of rotatable bonds is 13. The van der Waals surface area contributed by atoms with Gasteiger partial charge >= 0.3 is 6.09 Å². The summed E-state index contributed by atoms with van der Waals surface area (Å²) in [6, 6.07) is 15.4. The molecule has 0 radical (unpaired) electrons. The summed E-state index contributed by atoms with van der Waals surface area (Å²) in [5.41, 5.74) is 2.88. The number of aromatic nitrogens is 1. The molecule has 12 heteroatoms. The number of fused-ring (bicyclic) bond motifs is 2. The van der Waals surface area contributed by atoms with Crippen molar-refractivity contribution in [3.8, 4) is 5.75 Å². The number of methoxy groups -OCH3 is 1. The third-order valence-electron chi connectivity index (χ3n) is 10.1. The smallest absolute Gasteiger partial charge is 0.410 e. The monoisotopic (exact) mass is 732 g/mol. The Balaban J connectivity index is 1.32. The fourth-order valence-corrected chi connectivity index (χ4v) is 7.92. The Hall–Kier alpha value is -3.87. The van der Waals surface area contributed by atoms with E-state index in [4.69, 9.17) is 18.9 Å². The van der Waals surface area contributed by atoms with Crippen molar-refractivity contribution in [2.24, 2.45) is 5.92 Å². The molecule has 11 nitrogen and oxygen atoms in total. The first-order valence-electron chi connectivity index (χ1n) is 18.8. The number of ether oxygens (including phenoxy) is 4. The molecule has 2 atom stereocenters. The quantitative estimate of drug-likeness (QED) is 0.135. The molecule has 2 aliphatic heterocycles. The van der Waals surface area contributed by atoms with Crippen LogP contribution in [0.5, 0.6) is 5.75 Å². The zero-order valence-electron chi connectivity index (χ0n) is 32.0. The highest BCUT2D eigenvalue weighted by atomic mass is 28.3. The molecular formula is C40H56N4O7Si. The van der Waals surface area contributed by atoms with Crippen LogP contribution in [0.1, 0.15) is 57.9 Å². The van der Waals surface area contributed by atoms with E-state index < -0.39 is 25.7 Å². The average Bonchev–Trinajstić information content (AvgIpc) is 3.84. The molecule has 282 valence electrons. The van der Waals surface area contributed by atoms with Gasteiger partial charge in [0.05, 0.1) is 17.1 Å². The van der Waals surface area contributed by atoms with Crippen LogP contribution in [0.15, 0.2) is 48.7 Å². The van der Waals surface area contributed by atoms with Crippen molar-refractivity contribution in [3.63, 3.8) is 0 Å². The second kappa shape index (κ2) is 15.6. The Morgan fingerprint density at radius 2 is 1.81 bits per heavy atom. The van der Waals surface area contributed by atoms with Crippen molar-refractivity contribution in [2.75, 3.05) is 56.4 Å². The maximum Gasteiger partial charge on any atom is 0.410 e. The molecule has 1 saturated heterocycles. The van der Waals surface area contributed by atoms with Crippen LogP contribution in [0.25, 0.3) is 10.9 Å². The van der Waals surface area contributed by atoms with E-state index in [0.717, 1.165) is 47.6 Å². The standard InChI is InChI=1S/C40H56N4O7Si/c1-40(2,3)51-39(47)41-19-16-32(29-10-9-28-15-18-42(34(28)23-29)27-49-21-22-52(5,6)7)33(25-41)38(46)44(30-11-12-30)31-13-14-36-35(24-31)43(17-8-20-48-4)37(45)26-50-36/h9-10,13-15,18,23-24,30,32-33H,8,11-12,16-17,19-22,25-27H2,1-7H3/t32-,33+/m1/s1. The van der Waals surface area contributed by atoms with Crippen LogP contribution in [0.3, 0.4) is 0 Å². The summed E-state index contributed by atoms with van der Waals surface area (Å²) >= 11 is 0. The predicted molar refractivity (Wildman–Crippen MR) is 206 cm³/mol. The number of benzene rings is 2. The van der Waals surface area contributed by atoms with E-state index in [2.05, 4.69) is 54.7 Å². The van der Waals surface area contributed by atoms with Crippen molar-refractivity contribution < 1.29 is 33.3 Å². The van der Waals surface area contributed by atoms with E-state index in [-0.39, 0.29) is 36.9 Å². The topological polar surface area (TPSA) is 103 Å². The van der Waals surface area contributed by atoms with Gasteiger partial charge in [-0.1, -0.05) is 31.8 Å². The minimum Gasteiger partial charge on any atom is -0.482 e. The van der Waals surface area contributed by atoms with Gasteiger partial charge in [0, 0.05) is 66.0 Å². The molecule has 3 aliphatic rings.